The first-order valence-corrected chi connectivity index (χ1v) is 14.7. The van der Waals surface area contributed by atoms with Crippen molar-refractivity contribution in [1.82, 2.24) is 20.2 Å². The van der Waals surface area contributed by atoms with Crippen LogP contribution in [0.3, 0.4) is 0 Å². The van der Waals surface area contributed by atoms with Gasteiger partial charge in [0.2, 0.25) is 5.91 Å². The maximum atomic E-state index is 13.1. The summed E-state index contributed by atoms with van der Waals surface area (Å²) in [7, 11) is -2.23. The van der Waals surface area contributed by atoms with Gasteiger partial charge in [-0.25, -0.2) is 18.4 Å². The second-order valence-electron chi connectivity index (χ2n) is 9.85. The molecule has 1 aliphatic rings. The summed E-state index contributed by atoms with van der Waals surface area (Å²) in [5, 5.41) is 11.7. The van der Waals surface area contributed by atoms with Gasteiger partial charge in [-0.05, 0) is 87.4 Å². The van der Waals surface area contributed by atoms with E-state index in [0.717, 1.165) is 42.2 Å². The number of sulfonamides is 1. The molecule has 1 fully saturated rings. The first kappa shape index (κ1) is 28.0. The Hall–Kier alpha value is -4.58. The average Bonchev–Trinajstić information content (AvgIpc) is 2.97. The largest absolute Gasteiger partial charge is 0.497 e. The van der Waals surface area contributed by atoms with Gasteiger partial charge in [0.1, 0.15) is 17.4 Å². The van der Waals surface area contributed by atoms with Crippen LogP contribution in [0.2, 0.25) is 0 Å². The zero-order valence-corrected chi connectivity index (χ0v) is 23.9. The van der Waals surface area contributed by atoms with Gasteiger partial charge < -0.3 is 15.0 Å². The van der Waals surface area contributed by atoms with E-state index in [0.29, 0.717) is 23.8 Å². The zero-order chi connectivity index (χ0) is 29.0. The Morgan fingerprint density at radius 2 is 1.73 bits per heavy atom. The fourth-order valence-electron chi connectivity index (χ4n) is 4.74. The van der Waals surface area contributed by atoms with E-state index in [1.54, 1.807) is 39.2 Å². The number of aromatic nitrogens is 4. The van der Waals surface area contributed by atoms with Gasteiger partial charge in [-0.15, -0.1) is 10.2 Å². The maximum Gasteiger partial charge on any atom is 0.263 e. The molecule has 1 aliphatic heterocycles. The number of piperidine rings is 1. The van der Waals surface area contributed by atoms with Crippen molar-refractivity contribution in [2.45, 2.75) is 31.6 Å². The molecule has 2 N–H and O–H groups in total. The van der Waals surface area contributed by atoms with Crippen LogP contribution in [0.25, 0.3) is 11.3 Å². The van der Waals surface area contributed by atoms with Crippen LogP contribution >= 0.6 is 0 Å². The molecule has 4 aromatic rings. The minimum absolute atomic E-state index is 0.0601. The van der Waals surface area contributed by atoms with Crippen molar-refractivity contribution in [2.75, 3.05) is 35.1 Å². The Morgan fingerprint density at radius 1 is 0.976 bits per heavy atom. The molecule has 0 radical (unpaired) electrons. The van der Waals surface area contributed by atoms with Crippen LogP contribution in [0.5, 0.6) is 5.75 Å². The van der Waals surface area contributed by atoms with E-state index in [2.05, 4.69) is 35.1 Å². The Labute approximate surface area is 239 Å². The molecular formula is C29H31N7O4S. The van der Waals surface area contributed by atoms with Gasteiger partial charge in [-0.3, -0.25) is 9.52 Å². The average molecular weight is 574 g/mol. The van der Waals surface area contributed by atoms with Gasteiger partial charge in [-0.1, -0.05) is 0 Å². The summed E-state index contributed by atoms with van der Waals surface area (Å²) in [4.78, 5) is 23.5. The van der Waals surface area contributed by atoms with Gasteiger partial charge in [0.25, 0.3) is 10.0 Å². The summed E-state index contributed by atoms with van der Waals surface area (Å²) in [6, 6.07) is 19.1. The fraction of sp³-hybridized carbons (Fsp3) is 0.276. The van der Waals surface area contributed by atoms with Gasteiger partial charge in [0, 0.05) is 36.1 Å². The van der Waals surface area contributed by atoms with Crippen LogP contribution in [0.15, 0.2) is 71.6 Å². The molecule has 12 heteroatoms. The molecule has 11 nitrogen and oxygen atoms in total. The zero-order valence-electron chi connectivity index (χ0n) is 23.0. The third kappa shape index (κ3) is 6.77. The molecule has 3 heterocycles. The fourth-order valence-corrected chi connectivity index (χ4v) is 5.73. The molecule has 0 aliphatic carbocycles. The third-order valence-electron chi connectivity index (χ3n) is 6.79. The van der Waals surface area contributed by atoms with Crippen LogP contribution in [0.4, 0.5) is 17.3 Å². The Balaban J connectivity index is 1.20. The van der Waals surface area contributed by atoms with E-state index < -0.39 is 10.0 Å². The maximum absolute atomic E-state index is 13.1. The van der Waals surface area contributed by atoms with Gasteiger partial charge in [0.05, 0.1) is 23.6 Å². The number of carbonyl (C=O) groups excluding carboxylic acids is 1. The van der Waals surface area contributed by atoms with E-state index >= 15 is 0 Å². The lowest BCUT2D eigenvalue weighted by molar-refractivity contribution is -0.120. The summed E-state index contributed by atoms with van der Waals surface area (Å²) in [5.74, 6) is 1.79. The number of rotatable bonds is 8. The Kier molecular flexibility index (Phi) is 8.11. The van der Waals surface area contributed by atoms with Crippen molar-refractivity contribution >= 4 is 33.3 Å². The van der Waals surface area contributed by atoms with Crippen molar-refractivity contribution in [2.24, 2.45) is 5.92 Å². The van der Waals surface area contributed by atoms with Crippen LogP contribution in [-0.4, -0.2) is 54.7 Å². The van der Waals surface area contributed by atoms with E-state index in [-0.39, 0.29) is 22.5 Å². The number of carbonyl (C=O) groups is 1. The number of nitrogens with one attached hydrogen (secondary N) is 2. The highest BCUT2D eigenvalue weighted by Gasteiger charge is 2.27. The normalized spacial score (nSPS) is 15.3. The third-order valence-corrected chi connectivity index (χ3v) is 8.16. The molecule has 0 spiro atoms. The summed E-state index contributed by atoms with van der Waals surface area (Å²) in [6.45, 7) is 4.76. The highest BCUT2D eigenvalue weighted by molar-refractivity contribution is 7.92. The Morgan fingerprint density at radius 3 is 2.39 bits per heavy atom. The summed E-state index contributed by atoms with van der Waals surface area (Å²) in [5.41, 5.74) is 2.87. The van der Waals surface area contributed by atoms with E-state index in [1.807, 2.05) is 36.4 Å². The highest BCUT2D eigenvalue weighted by Crippen LogP contribution is 2.26. The topological polar surface area (TPSA) is 139 Å². The lowest BCUT2D eigenvalue weighted by Gasteiger charge is -2.32. The van der Waals surface area contributed by atoms with Crippen LogP contribution < -0.4 is 19.7 Å². The summed E-state index contributed by atoms with van der Waals surface area (Å²) >= 11 is 0. The monoisotopic (exact) mass is 573 g/mol. The molecule has 0 bridgehead atoms. The van der Waals surface area contributed by atoms with Gasteiger partial charge in [-0.2, -0.15) is 0 Å². The lowest BCUT2D eigenvalue weighted by Crippen LogP contribution is -2.41. The Bertz CT molecular complexity index is 1610. The molecule has 1 unspecified atom stereocenters. The van der Waals surface area contributed by atoms with Gasteiger partial charge >= 0.3 is 0 Å². The van der Waals surface area contributed by atoms with Crippen molar-refractivity contribution in [3.8, 4) is 17.0 Å². The molecule has 41 heavy (non-hydrogen) atoms. The molecule has 2 aromatic heterocycles. The number of ether oxygens (including phenoxy) is 1. The number of methoxy groups -OCH3 is 1. The smallest absolute Gasteiger partial charge is 0.263 e. The van der Waals surface area contributed by atoms with E-state index in [9.17, 15) is 13.2 Å². The molecule has 5 rings (SSSR count). The second-order valence-corrected chi connectivity index (χ2v) is 11.5. The molecule has 1 amide bonds. The molecule has 1 saturated heterocycles. The minimum atomic E-state index is -3.85. The predicted octanol–water partition coefficient (Wildman–Crippen LogP) is 4.21. The molecular weight excluding hydrogens is 542 g/mol. The standard InChI is InChI=1S/C29H31N7O4S/c1-19-17-27(31-20(2)30-19)35-41(38,39)25-12-8-23(9-13-25)32-29(37)22-5-4-16-36(18-22)28-15-14-26(33-34-28)21-6-10-24(40-3)11-7-21/h6-15,17,22H,4-5,16,18H2,1-3H3,(H,32,37)(H,30,31,35). The summed E-state index contributed by atoms with van der Waals surface area (Å²) < 4.78 is 33.3. The van der Waals surface area contributed by atoms with Crippen LogP contribution in [-0.2, 0) is 14.8 Å². The number of aryl methyl sites for hydroxylation is 2. The number of amides is 1. The molecule has 0 saturated carbocycles. The SMILES string of the molecule is COc1ccc(-c2ccc(N3CCCC(C(=O)Nc4ccc(S(=O)(=O)Nc5cc(C)nc(C)n5)cc4)C3)nn2)cc1. The van der Waals surface area contributed by atoms with Crippen molar-refractivity contribution in [3.05, 3.63) is 78.2 Å². The van der Waals surface area contributed by atoms with Crippen molar-refractivity contribution in [1.29, 1.82) is 0 Å². The minimum Gasteiger partial charge on any atom is -0.497 e. The van der Waals surface area contributed by atoms with E-state index in [4.69, 9.17) is 4.74 Å². The first-order valence-electron chi connectivity index (χ1n) is 13.2. The number of anilines is 3. The van der Waals surface area contributed by atoms with Crippen LogP contribution in [0.1, 0.15) is 24.4 Å². The van der Waals surface area contributed by atoms with E-state index in [1.165, 1.54) is 12.1 Å². The second kappa shape index (κ2) is 11.9. The summed E-state index contributed by atoms with van der Waals surface area (Å²) in [6.07, 6.45) is 1.58. The predicted molar refractivity (Wildman–Crippen MR) is 156 cm³/mol. The number of hydrogen-bond donors (Lipinski definition) is 2. The molecule has 212 valence electrons. The first-order chi connectivity index (χ1) is 19.7. The molecule has 2 aromatic carbocycles. The number of nitrogens with zero attached hydrogens (tertiary/aromatic N) is 5. The van der Waals surface area contributed by atoms with Crippen LogP contribution in [0, 0.1) is 19.8 Å². The number of benzene rings is 2. The number of hydrogen-bond acceptors (Lipinski definition) is 9. The van der Waals surface area contributed by atoms with Crippen molar-refractivity contribution < 1.29 is 17.9 Å². The van der Waals surface area contributed by atoms with Gasteiger partial charge in [0.15, 0.2) is 5.82 Å². The molecule has 1 atom stereocenters. The highest BCUT2D eigenvalue weighted by atomic mass is 32.2. The lowest BCUT2D eigenvalue weighted by atomic mass is 9.97. The van der Waals surface area contributed by atoms with Crippen molar-refractivity contribution in [3.63, 3.8) is 0 Å². The quantitative estimate of drug-likeness (QED) is 0.317.